The van der Waals surface area contributed by atoms with Gasteiger partial charge in [-0.25, -0.2) is 4.79 Å². The van der Waals surface area contributed by atoms with Crippen molar-refractivity contribution in [2.75, 3.05) is 12.3 Å². The average molecular weight is 193 g/mol. The highest BCUT2D eigenvalue weighted by atomic mass is 35.5. The molecule has 0 amide bonds. The number of anilines is 1. The first-order valence-electron chi connectivity index (χ1n) is 3.13. The third-order valence-corrected chi connectivity index (χ3v) is 1.01. The van der Waals surface area contributed by atoms with E-state index in [0.717, 1.165) is 0 Å². The molecule has 0 saturated carbocycles. The Bertz CT molecular complexity index is 261. The second-order valence-electron chi connectivity index (χ2n) is 1.83. The van der Waals surface area contributed by atoms with Gasteiger partial charge in [0.25, 0.3) is 0 Å². The predicted molar refractivity (Wildman–Crippen MR) is 44.1 cm³/mol. The van der Waals surface area contributed by atoms with Crippen molar-refractivity contribution < 1.29 is 14.1 Å². The number of nitrogens with two attached hydrogens (primary N) is 1. The minimum Gasteiger partial charge on any atom is -0.461 e. The molecule has 0 unspecified atom stereocenters. The van der Waals surface area contributed by atoms with Gasteiger partial charge in [-0.3, -0.25) is 0 Å². The Hall–Kier alpha value is -1.23. The standard InChI is InChI=1S/C6H8N2O3.ClH/c1-2-10-6(9)4-3-5(7)11-8-4;/h3H,2,7H2,1H3;1H. The van der Waals surface area contributed by atoms with Crippen LogP contribution in [-0.4, -0.2) is 17.7 Å². The van der Waals surface area contributed by atoms with E-state index in [0.29, 0.717) is 6.61 Å². The number of carbonyl (C=O) groups is 1. The molecule has 0 bridgehead atoms. The maximum Gasteiger partial charge on any atom is 0.360 e. The number of esters is 1. The van der Waals surface area contributed by atoms with Crippen LogP contribution in [0.4, 0.5) is 5.88 Å². The molecular formula is C6H9ClN2O3. The van der Waals surface area contributed by atoms with Gasteiger partial charge in [-0.1, -0.05) is 5.16 Å². The normalized spacial score (nSPS) is 8.75. The van der Waals surface area contributed by atoms with Crippen LogP contribution in [0.1, 0.15) is 17.4 Å². The van der Waals surface area contributed by atoms with E-state index in [1.807, 2.05) is 0 Å². The van der Waals surface area contributed by atoms with E-state index in [4.69, 9.17) is 5.73 Å². The van der Waals surface area contributed by atoms with Crippen LogP contribution in [0.3, 0.4) is 0 Å². The molecule has 12 heavy (non-hydrogen) atoms. The minimum atomic E-state index is -0.520. The summed E-state index contributed by atoms with van der Waals surface area (Å²) < 4.78 is 9.08. The Morgan fingerprint density at radius 2 is 2.50 bits per heavy atom. The van der Waals surface area contributed by atoms with E-state index in [2.05, 4.69) is 14.4 Å². The summed E-state index contributed by atoms with van der Waals surface area (Å²) in [6, 6.07) is 1.32. The number of halogens is 1. The van der Waals surface area contributed by atoms with Crippen molar-refractivity contribution >= 4 is 24.3 Å². The lowest BCUT2D eigenvalue weighted by Crippen LogP contribution is -2.04. The molecule has 0 spiro atoms. The van der Waals surface area contributed by atoms with Crippen LogP contribution >= 0.6 is 12.4 Å². The fraction of sp³-hybridized carbons (Fsp3) is 0.333. The van der Waals surface area contributed by atoms with Crippen LogP contribution in [0.2, 0.25) is 0 Å². The molecule has 0 atom stereocenters. The first kappa shape index (κ1) is 10.8. The van der Waals surface area contributed by atoms with Crippen LogP contribution in [0, 0.1) is 0 Å². The average Bonchev–Trinajstić information content (AvgIpc) is 2.36. The molecule has 0 radical (unpaired) electrons. The smallest absolute Gasteiger partial charge is 0.360 e. The van der Waals surface area contributed by atoms with Crippen molar-refractivity contribution in [2.45, 2.75) is 6.92 Å². The summed E-state index contributed by atoms with van der Waals surface area (Å²) in [5.41, 5.74) is 5.28. The zero-order valence-electron chi connectivity index (χ0n) is 6.44. The number of aromatic nitrogens is 1. The summed E-state index contributed by atoms with van der Waals surface area (Å²) in [6.45, 7) is 2.02. The van der Waals surface area contributed by atoms with Crippen LogP contribution in [0.15, 0.2) is 10.6 Å². The lowest BCUT2D eigenvalue weighted by Gasteiger charge is -1.93. The van der Waals surface area contributed by atoms with E-state index < -0.39 is 5.97 Å². The lowest BCUT2D eigenvalue weighted by atomic mass is 10.4. The number of ether oxygens (including phenoxy) is 1. The monoisotopic (exact) mass is 192 g/mol. The van der Waals surface area contributed by atoms with Gasteiger partial charge in [0.15, 0.2) is 5.69 Å². The van der Waals surface area contributed by atoms with Gasteiger partial charge in [0.05, 0.1) is 6.61 Å². The Kier molecular flexibility index (Phi) is 4.14. The van der Waals surface area contributed by atoms with Crippen LogP contribution < -0.4 is 5.73 Å². The maximum atomic E-state index is 10.9. The minimum absolute atomic E-state index is 0. The van der Waals surface area contributed by atoms with Gasteiger partial charge in [-0.2, -0.15) is 0 Å². The third kappa shape index (κ3) is 2.43. The van der Waals surface area contributed by atoms with Crippen molar-refractivity contribution in [1.29, 1.82) is 0 Å². The Morgan fingerprint density at radius 3 is 2.92 bits per heavy atom. The van der Waals surface area contributed by atoms with E-state index in [9.17, 15) is 4.79 Å². The molecular weight excluding hydrogens is 184 g/mol. The summed E-state index contributed by atoms with van der Waals surface area (Å²) in [6.07, 6.45) is 0. The molecule has 0 aliphatic rings. The Balaban J connectivity index is 0.00000121. The van der Waals surface area contributed by atoms with Gasteiger partial charge in [0, 0.05) is 6.07 Å². The zero-order valence-corrected chi connectivity index (χ0v) is 7.26. The van der Waals surface area contributed by atoms with Gasteiger partial charge in [-0.05, 0) is 6.92 Å². The van der Waals surface area contributed by atoms with Crippen molar-refractivity contribution in [3.8, 4) is 0 Å². The quantitative estimate of drug-likeness (QED) is 0.703. The maximum absolute atomic E-state index is 10.9. The predicted octanol–water partition coefficient (Wildman–Crippen LogP) is 0.855. The highest BCUT2D eigenvalue weighted by molar-refractivity contribution is 5.87. The van der Waals surface area contributed by atoms with E-state index in [-0.39, 0.29) is 24.0 Å². The fourth-order valence-corrected chi connectivity index (χ4v) is 0.591. The molecule has 1 rings (SSSR count). The van der Waals surface area contributed by atoms with E-state index in [1.165, 1.54) is 6.07 Å². The highest BCUT2D eigenvalue weighted by Crippen LogP contribution is 2.05. The topological polar surface area (TPSA) is 78.4 Å². The third-order valence-electron chi connectivity index (χ3n) is 1.01. The Labute approximate surface area is 75.3 Å². The molecule has 1 aromatic rings. The molecule has 5 nitrogen and oxygen atoms in total. The molecule has 1 heterocycles. The molecule has 0 saturated heterocycles. The SMILES string of the molecule is CCOC(=O)c1cc(N)on1.Cl. The number of hydrogen-bond donors (Lipinski definition) is 1. The summed E-state index contributed by atoms with van der Waals surface area (Å²) >= 11 is 0. The zero-order chi connectivity index (χ0) is 8.27. The second kappa shape index (κ2) is 4.61. The molecule has 6 heteroatoms. The van der Waals surface area contributed by atoms with Crippen molar-refractivity contribution in [1.82, 2.24) is 5.16 Å². The molecule has 0 fully saturated rings. The highest BCUT2D eigenvalue weighted by Gasteiger charge is 2.10. The number of carbonyl (C=O) groups excluding carboxylic acids is 1. The lowest BCUT2D eigenvalue weighted by molar-refractivity contribution is 0.0514. The van der Waals surface area contributed by atoms with Crippen molar-refractivity contribution in [3.05, 3.63) is 11.8 Å². The van der Waals surface area contributed by atoms with Crippen LogP contribution in [0.25, 0.3) is 0 Å². The van der Waals surface area contributed by atoms with E-state index >= 15 is 0 Å². The second-order valence-corrected chi connectivity index (χ2v) is 1.83. The van der Waals surface area contributed by atoms with Gasteiger partial charge in [-0.15, -0.1) is 12.4 Å². The molecule has 68 valence electrons. The first-order chi connectivity index (χ1) is 5.24. The van der Waals surface area contributed by atoms with Gasteiger partial charge >= 0.3 is 5.97 Å². The largest absolute Gasteiger partial charge is 0.461 e. The first-order valence-corrected chi connectivity index (χ1v) is 3.13. The van der Waals surface area contributed by atoms with Crippen molar-refractivity contribution in [3.63, 3.8) is 0 Å². The summed E-state index contributed by atoms with van der Waals surface area (Å²) in [4.78, 5) is 10.9. The summed E-state index contributed by atoms with van der Waals surface area (Å²) in [5, 5.41) is 3.36. The molecule has 0 aromatic carbocycles. The number of nitrogen functional groups attached to an aromatic ring is 1. The molecule has 1 aromatic heterocycles. The van der Waals surface area contributed by atoms with Gasteiger partial charge in [0.1, 0.15) is 0 Å². The summed E-state index contributed by atoms with van der Waals surface area (Å²) in [7, 11) is 0. The van der Waals surface area contributed by atoms with Crippen molar-refractivity contribution in [2.24, 2.45) is 0 Å². The molecule has 2 N–H and O–H groups in total. The fourth-order valence-electron chi connectivity index (χ4n) is 0.591. The molecule has 0 aliphatic heterocycles. The van der Waals surface area contributed by atoms with Crippen LogP contribution in [-0.2, 0) is 4.74 Å². The van der Waals surface area contributed by atoms with Crippen LogP contribution in [0.5, 0.6) is 0 Å². The number of rotatable bonds is 2. The van der Waals surface area contributed by atoms with Gasteiger partial charge in [0.2, 0.25) is 5.88 Å². The number of nitrogens with zero attached hydrogens (tertiary/aromatic N) is 1. The summed E-state index contributed by atoms with van der Waals surface area (Å²) in [5.74, 6) is -0.416. The molecule has 0 aliphatic carbocycles. The van der Waals surface area contributed by atoms with Gasteiger partial charge < -0.3 is 15.0 Å². The Morgan fingerprint density at radius 1 is 1.83 bits per heavy atom. The van der Waals surface area contributed by atoms with E-state index in [1.54, 1.807) is 6.92 Å². The number of hydrogen-bond acceptors (Lipinski definition) is 5.